The van der Waals surface area contributed by atoms with Gasteiger partial charge in [-0.25, -0.2) is 0 Å². The van der Waals surface area contributed by atoms with Gasteiger partial charge in [-0.1, -0.05) is 19.9 Å². The van der Waals surface area contributed by atoms with Crippen LogP contribution in [0.4, 0.5) is 0 Å². The van der Waals surface area contributed by atoms with E-state index in [4.69, 9.17) is 0 Å². The second kappa shape index (κ2) is 8.01. The lowest BCUT2D eigenvalue weighted by molar-refractivity contribution is 0.178. The Kier molecular flexibility index (Phi) is 7.81. The summed E-state index contributed by atoms with van der Waals surface area (Å²) in [7, 11) is 2.01. The molecule has 0 aliphatic carbocycles. The quantitative estimate of drug-likeness (QED) is 0.601. The van der Waals surface area contributed by atoms with Gasteiger partial charge in [0.25, 0.3) is 0 Å². The zero-order chi connectivity index (χ0) is 11.0. The molecule has 2 atom stereocenters. The van der Waals surface area contributed by atoms with Crippen LogP contribution in [0.3, 0.4) is 0 Å². The molecule has 2 unspecified atom stereocenters. The Labute approximate surface area is 89.4 Å². The maximum absolute atomic E-state index is 3.81. The molecule has 0 bridgehead atoms. The molecule has 0 saturated heterocycles. The smallest absolute Gasteiger partial charge is 0.0163 e. The van der Waals surface area contributed by atoms with Gasteiger partial charge in [-0.05, 0) is 39.4 Å². The highest BCUT2D eigenvalue weighted by molar-refractivity contribution is 4.80. The van der Waals surface area contributed by atoms with Crippen molar-refractivity contribution in [3.63, 3.8) is 0 Å². The van der Waals surface area contributed by atoms with Gasteiger partial charge >= 0.3 is 0 Å². The van der Waals surface area contributed by atoms with Crippen LogP contribution in [0.2, 0.25) is 0 Å². The first kappa shape index (κ1) is 13.7. The largest absolute Gasteiger partial charge is 0.319 e. The van der Waals surface area contributed by atoms with Crippen LogP contribution in [-0.4, -0.2) is 37.6 Å². The Balaban J connectivity index is 4.10. The Morgan fingerprint density at radius 2 is 2.07 bits per heavy atom. The van der Waals surface area contributed by atoms with Crippen LogP contribution in [0.5, 0.6) is 0 Å². The van der Waals surface area contributed by atoms with Crippen molar-refractivity contribution in [2.75, 3.05) is 26.7 Å². The molecule has 0 aliphatic heterocycles. The van der Waals surface area contributed by atoms with Crippen LogP contribution in [0.15, 0.2) is 12.7 Å². The zero-order valence-electron chi connectivity index (χ0n) is 10.2. The summed E-state index contributed by atoms with van der Waals surface area (Å²) in [5.41, 5.74) is 0. The summed E-state index contributed by atoms with van der Waals surface area (Å²) in [6.07, 6.45) is 3.21. The molecule has 0 spiro atoms. The highest BCUT2D eigenvalue weighted by Gasteiger charge is 2.17. The van der Waals surface area contributed by atoms with Gasteiger partial charge in [0.15, 0.2) is 0 Å². The Bertz CT molecular complexity index is 145. The van der Waals surface area contributed by atoms with Gasteiger partial charge in [0.2, 0.25) is 0 Å². The van der Waals surface area contributed by atoms with Crippen molar-refractivity contribution < 1.29 is 0 Å². The Morgan fingerprint density at radius 3 is 2.50 bits per heavy atom. The number of nitrogens with zero attached hydrogens (tertiary/aromatic N) is 1. The monoisotopic (exact) mass is 198 g/mol. The van der Waals surface area contributed by atoms with Gasteiger partial charge in [-0.15, -0.1) is 6.58 Å². The Morgan fingerprint density at radius 1 is 1.43 bits per heavy atom. The molecular formula is C12H26N2. The molecular weight excluding hydrogens is 172 g/mol. The highest BCUT2D eigenvalue weighted by Crippen LogP contribution is 2.10. The predicted molar refractivity (Wildman–Crippen MR) is 64.6 cm³/mol. The lowest BCUT2D eigenvalue weighted by atomic mass is 10.0. The first-order valence-electron chi connectivity index (χ1n) is 5.66. The fourth-order valence-electron chi connectivity index (χ4n) is 1.77. The highest BCUT2D eigenvalue weighted by atomic mass is 15.1. The van der Waals surface area contributed by atoms with Crippen molar-refractivity contribution in [1.29, 1.82) is 0 Å². The van der Waals surface area contributed by atoms with E-state index in [2.05, 4.69) is 37.6 Å². The molecule has 2 heteroatoms. The van der Waals surface area contributed by atoms with Crippen molar-refractivity contribution in [3.05, 3.63) is 12.7 Å². The minimum Gasteiger partial charge on any atom is -0.319 e. The molecule has 0 saturated carbocycles. The van der Waals surface area contributed by atoms with Crippen molar-refractivity contribution in [3.8, 4) is 0 Å². The van der Waals surface area contributed by atoms with Crippen molar-refractivity contribution >= 4 is 0 Å². The second-order valence-electron chi connectivity index (χ2n) is 4.06. The van der Waals surface area contributed by atoms with Gasteiger partial charge in [0.1, 0.15) is 0 Å². The van der Waals surface area contributed by atoms with Gasteiger partial charge in [-0.2, -0.15) is 0 Å². The van der Waals surface area contributed by atoms with E-state index in [1.807, 2.05) is 13.1 Å². The van der Waals surface area contributed by atoms with Gasteiger partial charge in [-0.3, -0.25) is 4.90 Å². The molecule has 14 heavy (non-hydrogen) atoms. The normalized spacial score (nSPS) is 15.5. The molecule has 0 aromatic heterocycles. The summed E-state index contributed by atoms with van der Waals surface area (Å²) in [6.45, 7) is 13.9. The molecule has 0 aromatic carbocycles. The first-order chi connectivity index (χ1) is 6.67. The van der Waals surface area contributed by atoms with Gasteiger partial charge in [0, 0.05) is 12.6 Å². The van der Waals surface area contributed by atoms with E-state index < -0.39 is 0 Å². The summed E-state index contributed by atoms with van der Waals surface area (Å²) in [6, 6.07) is 0.625. The third kappa shape index (κ3) is 4.77. The minimum absolute atomic E-state index is 0.625. The molecule has 0 aromatic rings. The van der Waals surface area contributed by atoms with E-state index in [1.54, 1.807) is 0 Å². The Hall–Kier alpha value is -0.340. The third-order valence-corrected chi connectivity index (χ3v) is 2.80. The fourth-order valence-corrected chi connectivity index (χ4v) is 1.77. The van der Waals surface area contributed by atoms with E-state index in [0.29, 0.717) is 12.0 Å². The molecule has 0 fully saturated rings. The maximum atomic E-state index is 3.81. The molecule has 2 nitrogen and oxygen atoms in total. The van der Waals surface area contributed by atoms with E-state index in [1.165, 1.54) is 13.0 Å². The van der Waals surface area contributed by atoms with Crippen LogP contribution in [0.25, 0.3) is 0 Å². The van der Waals surface area contributed by atoms with E-state index >= 15 is 0 Å². The van der Waals surface area contributed by atoms with Crippen molar-refractivity contribution in [2.24, 2.45) is 5.92 Å². The predicted octanol–water partition coefficient (Wildman–Crippen LogP) is 2.13. The van der Waals surface area contributed by atoms with Crippen LogP contribution >= 0.6 is 0 Å². The number of nitrogens with one attached hydrogen (secondary N) is 1. The van der Waals surface area contributed by atoms with E-state index in [0.717, 1.165) is 13.1 Å². The van der Waals surface area contributed by atoms with Gasteiger partial charge < -0.3 is 5.32 Å². The number of rotatable bonds is 8. The maximum Gasteiger partial charge on any atom is 0.0163 e. The molecule has 0 radical (unpaired) electrons. The molecule has 1 N–H and O–H groups in total. The molecule has 84 valence electrons. The first-order valence-corrected chi connectivity index (χ1v) is 5.66. The lowest BCUT2D eigenvalue weighted by Crippen LogP contribution is -2.41. The topological polar surface area (TPSA) is 15.3 Å². The van der Waals surface area contributed by atoms with Crippen LogP contribution in [0, 0.1) is 5.92 Å². The fraction of sp³-hybridized carbons (Fsp3) is 0.833. The average molecular weight is 198 g/mol. The lowest BCUT2D eigenvalue weighted by Gasteiger charge is -2.32. The number of hydrogen-bond donors (Lipinski definition) is 1. The second-order valence-corrected chi connectivity index (χ2v) is 4.06. The molecule has 0 heterocycles. The zero-order valence-corrected chi connectivity index (χ0v) is 10.2. The third-order valence-electron chi connectivity index (χ3n) is 2.80. The minimum atomic E-state index is 0.625. The van der Waals surface area contributed by atoms with Crippen LogP contribution in [0.1, 0.15) is 27.2 Å². The number of hydrogen-bond acceptors (Lipinski definition) is 2. The summed E-state index contributed by atoms with van der Waals surface area (Å²) >= 11 is 0. The SMILES string of the molecule is C=CCN(CCC)C(C)C(C)CNC. The van der Waals surface area contributed by atoms with Crippen molar-refractivity contribution in [1.82, 2.24) is 10.2 Å². The van der Waals surface area contributed by atoms with Crippen LogP contribution in [-0.2, 0) is 0 Å². The molecule has 0 aliphatic rings. The van der Waals surface area contributed by atoms with Gasteiger partial charge in [0.05, 0.1) is 0 Å². The molecule has 0 amide bonds. The summed E-state index contributed by atoms with van der Waals surface area (Å²) in [5.74, 6) is 0.687. The summed E-state index contributed by atoms with van der Waals surface area (Å²) in [4.78, 5) is 2.50. The van der Waals surface area contributed by atoms with E-state index in [9.17, 15) is 0 Å². The van der Waals surface area contributed by atoms with Crippen LogP contribution < -0.4 is 5.32 Å². The van der Waals surface area contributed by atoms with E-state index in [-0.39, 0.29) is 0 Å². The summed E-state index contributed by atoms with van der Waals surface area (Å²) in [5, 5.41) is 3.23. The standard InChI is InChI=1S/C12H26N2/c1-6-8-14(9-7-2)12(4)11(3)10-13-5/h6,11-13H,1,7-10H2,2-5H3. The molecule has 0 rings (SSSR count). The average Bonchev–Trinajstić information content (AvgIpc) is 2.17. The van der Waals surface area contributed by atoms with Crippen molar-refractivity contribution in [2.45, 2.75) is 33.2 Å². The summed E-state index contributed by atoms with van der Waals surface area (Å²) < 4.78 is 0.